The van der Waals surface area contributed by atoms with Crippen molar-refractivity contribution in [1.29, 1.82) is 0 Å². The number of rotatable bonds is 7. The summed E-state index contributed by atoms with van der Waals surface area (Å²) >= 11 is 7.07. The van der Waals surface area contributed by atoms with Crippen LogP contribution in [0.15, 0.2) is 30.3 Å². The minimum atomic E-state index is -0.485. The van der Waals surface area contributed by atoms with Gasteiger partial charge in [0.05, 0.1) is 5.02 Å². The summed E-state index contributed by atoms with van der Waals surface area (Å²) in [6, 6.07) is 7.96. The Labute approximate surface area is 201 Å². The number of nitrogens with one attached hydrogen (secondary N) is 2. The van der Waals surface area contributed by atoms with Gasteiger partial charge < -0.3 is 20.0 Å². The average Bonchev–Trinajstić information content (AvgIpc) is 3.20. The first-order valence-corrected chi connectivity index (χ1v) is 12.0. The van der Waals surface area contributed by atoms with Crippen LogP contribution < -0.4 is 15.5 Å². The first-order valence-electron chi connectivity index (χ1n) is 10.8. The topological polar surface area (TPSA) is 76.6 Å². The number of halogens is 2. The second-order valence-electron chi connectivity index (χ2n) is 8.05. The standard InChI is InChI=1S/C22H27ClFN7OS/c1-29-10-12-31(13-11-29)9-3-8-25-21(32)28-22-26-18-6-7-19(27-20(18)33-22)30(2)15-4-5-16(23)17(24)14-15/h4-7,14H,3,8-13H2,1-2H3,(H2,25,26,28,32). The molecule has 0 bridgehead atoms. The molecule has 11 heteroatoms. The van der Waals surface area contributed by atoms with Crippen molar-refractivity contribution in [3.05, 3.63) is 41.2 Å². The quantitative estimate of drug-likeness (QED) is 0.486. The first-order chi connectivity index (χ1) is 15.9. The van der Waals surface area contributed by atoms with E-state index in [1.54, 1.807) is 24.1 Å². The van der Waals surface area contributed by atoms with Crippen LogP contribution in [0.3, 0.4) is 0 Å². The number of likely N-dealkylation sites (N-methyl/N-ethyl adjacent to an activating group) is 1. The SMILES string of the molecule is CN1CCN(CCCNC(=O)Nc2nc3ccc(N(C)c4ccc(Cl)c(F)c4)nc3s2)CC1. The van der Waals surface area contributed by atoms with Crippen molar-refractivity contribution in [3.8, 4) is 0 Å². The van der Waals surface area contributed by atoms with E-state index in [0.717, 1.165) is 39.1 Å². The summed E-state index contributed by atoms with van der Waals surface area (Å²) in [6.07, 6.45) is 0.902. The highest BCUT2D eigenvalue weighted by Gasteiger charge is 2.14. The number of anilines is 3. The van der Waals surface area contributed by atoms with Crippen LogP contribution in [0.4, 0.5) is 25.8 Å². The Balaban J connectivity index is 1.30. The molecule has 3 aromatic rings. The third kappa shape index (κ3) is 6.08. The van der Waals surface area contributed by atoms with E-state index in [0.29, 0.717) is 33.5 Å². The molecule has 1 aliphatic heterocycles. The molecule has 0 saturated carbocycles. The van der Waals surface area contributed by atoms with E-state index in [4.69, 9.17) is 11.6 Å². The zero-order valence-electron chi connectivity index (χ0n) is 18.6. The second-order valence-corrected chi connectivity index (χ2v) is 9.43. The third-order valence-corrected chi connectivity index (χ3v) is 6.81. The summed E-state index contributed by atoms with van der Waals surface area (Å²) < 4.78 is 13.8. The minimum Gasteiger partial charge on any atom is -0.338 e. The van der Waals surface area contributed by atoms with Crippen molar-refractivity contribution in [2.45, 2.75) is 6.42 Å². The van der Waals surface area contributed by atoms with Crippen LogP contribution in [-0.4, -0.2) is 79.2 Å². The summed E-state index contributed by atoms with van der Waals surface area (Å²) in [5.74, 6) is 0.147. The van der Waals surface area contributed by atoms with Gasteiger partial charge in [-0.25, -0.2) is 19.2 Å². The third-order valence-electron chi connectivity index (χ3n) is 5.63. The number of pyridine rings is 1. The van der Waals surface area contributed by atoms with Gasteiger partial charge in [0.25, 0.3) is 0 Å². The molecule has 1 aromatic carbocycles. The molecule has 1 saturated heterocycles. The molecule has 0 aliphatic carbocycles. The predicted molar refractivity (Wildman–Crippen MR) is 132 cm³/mol. The van der Waals surface area contributed by atoms with Gasteiger partial charge in [0, 0.05) is 45.5 Å². The van der Waals surface area contributed by atoms with Gasteiger partial charge in [0.1, 0.15) is 22.0 Å². The van der Waals surface area contributed by atoms with E-state index in [9.17, 15) is 9.18 Å². The van der Waals surface area contributed by atoms with Gasteiger partial charge in [0.2, 0.25) is 0 Å². The molecule has 1 aliphatic rings. The van der Waals surface area contributed by atoms with E-state index in [-0.39, 0.29) is 11.1 Å². The van der Waals surface area contributed by atoms with Crippen LogP contribution in [0.1, 0.15) is 6.42 Å². The molecule has 3 heterocycles. The molecule has 0 unspecified atom stereocenters. The van der Waals surface area contributed by atoms with Crippen molar-refractivity contribution in [2.24, 2.45) is 0 Å². The fourth-order valence-corrected chi connectivity index (χ4v) is 4.54. The van der Waals surface area contributed by atoms with Gasteiger partial charge >= 0.3 is 6.03 Å². The van der Waals surface area contributed by atoms with Crippen LogP contribution in [0.2, 0.25) is 5.02 Å². The summed E-state index contributed by atoms with van der Waals surface area (Å²) in [5.41, 5.74) is 1.31. The maximum absolute atomic E-state index is 13.8. The molecule has 8 nitrogen and oxygen atoms in total. The Morgan fingerprint density at radius 2 is 2.00 bits per heavy atom. The van der Waals surface area contributed by atoms with E-state index in [1.807, 2.05) is 6.07 Å². The summed E-state index contributed by atoms with van der Waals surface area (Å²) in [4.78, 5) is 28.5. The Morgan fingerprint density at radius 3 is 2.76 bits per heavy atom. The van der Waals surface area contributed by atoms with Gasteiger partial charge in [0.15, 0.2) is 5.13 Å². The summed E-state index contributed by atoms with van der Waals surface area (Å²) in [5, 5.41) is 6.23. The first kappa shape index (κ1) is 23.6. The average molecular weight is 492 g/mol. The molecule has 0 spiro atoms. The Bertz CT molecular complexity index is 1120. The number of thiazole rings is 1. The highest BCUT2D eigenvalue weighted by Crippen LogP contribution is 2.30. The van der Waals surface area contributed by atoms with Crippen molar-refractivity contribution >= 4 is 56.0 Å². The summed E-state index contributed by atoms with van der Waals surface area (Å²) in [6.45, 7) is 5.92. The molecule has 0 atom stereocenters. The normalized spacial score (nSPS) is 15.0. The van der Waals surface area contributed by atoms with Crippen LogP contribution >= 0.6 is 22.9 Å². The van der Waals surface area contributed by atoms with Crippen LogP contribution in [-0.2, 0) is 0 Å². The molecule has 1 fully saturated rings. The monoisotopic (exact) mass is 491 g/mol. The predicted octanol–water partition coefficient (Wildman–Crippen LogP) is 4.01. The number of urea groups is 1. The number of carbonyl (C=O) groups excluding carboxylic acids is 1. The molecule has 2 N–H and O–H groups in total. The number of fused-ring (bicyclic) bond motifs is 1. The van der Waals surface area contributed by atoms with Gasteiger partial charge in [-0.2, -0.15) is 0 Å². The lowest BCUT2D eigenvalue weighted by molar-refractivity contribution is 0.153. The Hall–Kier alpha value is -2.53. The van der Waals surface area contributed by atoms with Gasteiger partial charge in [-0.05, 0) is 50.3 Å². The number of hydrogen-bond donors (Lipinski definition) is 2. The van der Waals surface area contributed by atoms with Crippen LogP contribution in [0, 0.1) is 5.82 Å². The number of hydrogen-bond acceptors (Lipinski definition) is 7. The minimum absolute atomic E-state index is 0.0753. The second kappa shape index (κ2) is 10.6. The van der Waals surface area contributed by atoms with Crippen LogP contribution in [0.5, 0.6) is 0 Å². The molecule has 33 heavy (non-hydrogen) atoms. The van der Waals surface area contributed by atoms with Crippen molar-refractivity contribution in [2.75, 3.05) is 63.6 Å². The number of aromatic nitrogens is 2. The van der Waals surface area contributed by atoms with Gasteiger partial charge in [-0.1, -0.05) is 22.9 Å². The van der Waals surface area contributed by atoms with E-state index in [1.165, 1.54) is 23.5 Å². The maximum Gasteiger partial charge on any atom is 0.321 e. The van der Waals surface area contributed by atoms with E-state index in [2.05, 4.69) is 37.4 Å². The molecule has 4 rings (SSSR count). The zero-order chi connectivity index (χ0) is 23.4. The van der Waals surface area contributed by atoms with Crippen molar-refractivity contribution in [1.82, 2.24) is 25.1 Å². The van der Waals surface area contributed by atoms with E-state index >= 15 is 0 Å². The van der Waals surface area contributed by atoms with Crippen LogP contribution in [0.25, 0.3) is 10.3 Å². The lowest BCUT2D eigenvalue weighted by Crippen LogP contribution is -2.45. The highest BCUT2D eigenvalue weighted by molar-refractivity contribution is 7.22. The fraction of sp³-hybridized carbons (Fsp3) is 0.409. The number of carbonyl (C=O) groups is 1. The molecular formula is C22H27ClFN7OS. The molecule has 176 valence electrons. The fourth-order valence-electron chi connectivity index (χ4n) is 3.59. The van der Waals surface area contributed by atoms with Crippen molar-refractivity contribution < 1.29 is 9.18 Å². The maximum atomic E-state index is 13.8. The van der Waals surface area contributed by atoms with Crippen molar-refractivity contribution in [3.63, 3.8) is 0 Å². The molecule has 2 amide bonds. The smallest absolute Gasteiger partial charge is 0.321 e. The van der Waals surface area contributed by atoms with E-state index < -0.39 is 5.82 Å². The number of benzene rings is 1. The number of piperazine rings is 1. The highest BCUT2D eigenvalue weighted by atomic mass is 35.5. The lowest BCUT2D eigenvalue weighted by atomic mass is 10.3. The lowest BCUT2D eigenvalue weighted by Gasteiger charge is -2.32. The Morgan fingerprint density at radius 1 is 1.21 bits per heavy atom. The molecular weight excluding hydrogens is 465 g/mol. The zero-order valence-corrected chi connectivity index (χ0v) is 20.2. The Kier molecular flexibility index (Phi) is 7.59. The number of nitrogens with zero attached hydrogens (tertiary/aromatic N) is 5. The van der Waals surface area contributed by atoms with Gasteiger partial charge in [-0.15, -0.1) is 0 Å². The molecule has 0 radical (unpaired) electrons. The number of amides is 2. The largest absolute Gasteiger partial charge is 0.338 e. The molecule has 2 aromatic heterocycles. The van der Waals surface area contributed by atoms with Gasteiger partial charge in [-0.3, -0.25) is 5.32 Å². The summed E-state index contributed by atoms with van der Waals surface area (Å²) in [7, 11) is 3.94.